The number of nitrogen functional groups attached to an aromatic ring is 1. The van der Waals surface area contributed by atoms with Crippen LogP contribution in [0.1, 0.15) is 31.6 Å². The van der Waals surface area contributed by atoms with Crippen molar-refractivity contribution >= 4 is 11.7 Å². The standard InChI is InChI=1S/C17H21NO4/c1-3-17(19)21-11-12(2)22-16-7-6-13(10-15(16)18)9-14-5-4-8-20-14/h4-8,10,12H,3,9,11,18H2,1-2H3. The molecular formula is C17H21NO4. The SMILES string of the molecule is CCC(=O)OCC(C)Oc1ccc(Cc2ccco2)cc1N. The topological polar surface area (TPSA) is 74.7 Å². The van der Waals surface area contributed by atoms with E-state index in [0.717, 1.165) is 11.3 Å². The number of ether oxygens (including phenoxy) is 2. The quantitative estimate of drug-likeness (QED) is 0.628. The Balaban J connectivity index is 1.93. The third kappa shape index (κ3) is 4.55. The number of nitrogens with two attached hydrogens (primary N) is 1. The van der Waals surface area contributed by atoms with Gasteiger partial charge in [0.15, 0.2) is 0 Å². The van der Waals surface area contributed by atoms with Gasteiger partial charge >= 0.3 is 5.97 Å². The molecule has 1 atom stereocenters. The average Bonchev–Trinajstić information content (AvgIpc) is 3.00. The Morgan fingerprint density at radius 2 is 2.18 bits per heavy atom. The van der Waals surface area contributed by atoms with E-state index >= 15 is 0 Å². The maximum Gasteiger partial charge on any atom is 0.305 e. The van der Waals surface area contributed by atoms with Crippen LogP contribution in [0.25, 0.3) is 0 Å². The van der Waals surface area contributed by atoms with E-state index in [9.17, 15) is 4.79 Å². The summed E-state index contributed by atoms with van der Waals surface area (Å²) in [7, 11) is 0. The van der Waals surface area contributed by atoms with Gasteiger partial charge in [0.25, 0.3) is 0 Å². The lowest BCUT2D eigenvalue weighted by molar-refractivity contribution is -0.145. The van der Waals surface area contributed by atoms with Crippen LogP contribution < -0.4 is 10.5 Å². The summed E-state index contributed by atoms with van der Waals surface area (Å²) in [6, 6.07) is 9.41. The molecule has 0 aliphatic carbocycles. The van der Waals surface area contributed by atoms with Gasteiger partial charge in [-0.3, -0.25) is 4.79 Å². The van der Waals surface area contributed by atoms with Crippen LogP contribution in [-0.2, 0) is 16.0 Å². The minimum Gasteiger partial charge on any atom is -0.485 e. The molecule has 1 unspecified atom stereocenters. The molecule has 5 nitrogen and oxygen atoms in total. The zero-order chi connectivity index (χ0) is 15.9. The van der Waals surface area contributed by atoms with E-state index in [1.54, 1.807) is 13.2 Å². The molecule has 0 radical (unpaired) electrons. The second kappa shape index (κ2) is 7.54. The van der Waals surface area contributed by atoms with E-state index in [2.05, 4.69) is 0 Å². The zero-order valence-electron chi connectivity index (χ0n) is 12.9. The second-order valence-electron chi connectivity index (χ2n) is 5.09. The molecule has 118 valence electrons. The summed E-state index contributed by atoms with van der Waals surface area (Å²) in [4.78, 5) is 11.1. The minimum atomic E-state index is -0.256. The van der Waals surface area contributed by atoms with Crippen LogP contribution in [0.3, 0.4) is 0 Å². The summed E-state index contributed by atoms with van der Waals surface area (Å²) in [6.07, 6.45) is 2.43. The van der Waals surface area contributed by atoms with Crippen LogP contribution >= 0.6 is 0 Å². The molecule has 5 heteroatoms. The van der Waals surface area contributed by atoms with Crippen LogP contribution in [0, 0.1) is 0 Å². The van der Waals surface area contributed by atoms with Gasteiger partial charge in [0.1, 0.15) is 24.2 Å². The fraction of sp³-hybridized carbons (Fsp3) is 0.353. The van der Waals surface area contributed by atoms with Gasteiger partial charge in [-0.05, 0) is 36.8 Å². The van der Waals surface area contributed by atoms with Gasteiger partial charge < -0.3 is 19.6 Å². The number of hydrogen-bond donors (Lipinski definition) is 1. The van der Waals surface area contributed by atoms with Gasteiger partial charge in [0, 0.05) is 12.8 Å². The molecule has 0 aliphatic rings. The van der Waals surface area contributed by atoms with Crippen LogP contribution in [0.4, 0.5) is 5.69 Å². The first kappa shape index (κ1) is 15.9. The molecule has 22 heavy (non-hydrogen) atoms. The van der Waals surface area contributed by atoms with Gasteiger partial charge in [-0.25, -0.2) is 0 Å². The summed E-state index contributed by atoms with van der Waals surface area (Å²) in [6.45, 7) is 3.79. The van der Waals surface area contributed by atoms with E-state index in [4.69, 9.17) is 19.6 Å². The van der Waals surface area contributed by atoms with Crippen molar-refractivity contribution in [1.29, 1.82) is 0 Å². The van der Waals surface area contributed by atoms with Crippen LogP contribution in [-0.4, -0.2) is 18.7 Å². The maximum atomic E-state index is 11.1. The third-order valence-electron chi connectivity index (χ3n) is 3.13. The number of esters is 1. The van der Waals surface area contributed by atoms with Crippen molar-refractivity contribution in [3.05, 3.63) is 47.9 Å². The molecule has 0 saturated heterocycles. The van der Waals surface area contributed by atoms with Crippen molar-refractivity contribution in [1.82, 2.24) is 0 Å². The molecule has 0 aliphatic heterocycles. The van der Waals surface area contributed by atoms with Crippen molar-refractivity contribution < 1.29 is 18.7 Å². The minimum absolute atomic E-state index is 0.209. The third-order valence-corrected chi connectivity index (χ3v) is 3.13. The number of anilines is 1. The predicted molar refractivity (Wildman–Crippen MR) is 83.7 cm³/mol. The van der Waals surface area contributed by atoms with Crippen LogP contribution in [0.5, 0.6) is 5.75 Å². The highest BCUT2D eigenvalue weighted by molar-refractivity contribution is 5.68. The lowest BCUT2D eigenvalue weighted by Gasteiger charge is -2.16. The summed E-state index contributed by atoms with van der Waals surface area (Å²) in [5.41, 5.74) is 7.62. The molecule has 0 amide bonds. The monoisotopic (exact) mass is 303 g/mol. The number of furan rings is 1. The molecule has 1 aromatic heterocycles. The fourth-order valence-corrected chi connectivity index (χ4v) is 1.99. The van der Waals surface area contributed by atoms with E-state index in [1.807, 2.05) is 37.3 Å². The van der Waals surface area contributed by atoms with E-state index in [1.165, 1.54) is 0 Å². The molecule has 0 fully saturated rings. The van der Waals surface area contributed by atoms with Gasteiger partial charge in [-0.2, -0.15) is 0 Å². The Hall–Kier alpha value is -2.43. The molecule has 0 spiro atoms. The molecular weight excluding hydrogens is 282 g/mol. The van der Waals surface area contributed by atoms with Crippen molar-refractivity contribution in [2.75, 3.05) is 12.3 Å². The van der Waals surface area contributed by atoms with Crippen molar-refractivity contribution in [3.63, 3.8) is 0 Å². The fourth-order valence-electron chi connectivity index (χ4n) is 1.99. The number of rotatable bonds is 7. The van der Waals surface area contributed by atoms with Crippen molar-refractivity contribution in [3.8, 4) is 5.75 Å². The number of hydrogen-bond acceptors (Lipinski definition) is 5. The van der Waals surface area contributed by atoms with Crippen LogP contribution in [0.2, 0.25) is 0 Å². The molecule has 0 bridgehead atoms. The van der Waals surface area contributed by atoms with E-state index in [-0.39, 0.29) is 18.7 Å². The maximum absolute atomic E-state index is 11.1. The Bertz CT molecular complexity index is 607. The second-order valence-corrected chi connectivity index (χ2v) is 5.09. The van der Waals surface area contributed by atoms with Crippen molar-refractivity contribution in [2.24, 2.45) is 0 Å². The van der Waals surface area contributed by atoms with Crippen LogP contribution in [0.15, 0.2) is 41.0 Å². The van der Waals surface area contributed by atoms with Gasteiger partial charge in [0.2, 0.25) is 0 Å². The normalized spacial score (nSPS) is 11.9. The van der Waals surface area contributed by atoms with Crippen molar-refractivity contribution in [2.45, 2.75) is 32.8 Å². The summed E-state index contributed by atoms with van der Waals surface area (Å²) < 4.78 is 16.1. The van der Waals surface area contributed by atoms with Gasteiger partial charge in [0.05, 0.1) is 12.0 Å². The number of carbonyl (C=O) groups is 1. The van der Waals surface area contributed by atoms with Gasteiger partial charge in [-0.15, -0.1) is 0 Å². The molecule has 2 aromatic rings. The molecule has 0 saturated carbocycles. The first-order valence-corrected chi connectivity index (χ1v) is 7.31. The lowest BCUT2D eigenvalue weighted by atomic mass is 10.1. The Labute approximate surface area is 130 Å². The Morgan fingerprint density at radius 3 is 2.82 bits per heavy atom. The Kier molecular flexibility index (Phi) is 5.47. The highest BCUT2D eigenvalue weighted by atomic mass is 16.6. The van der Waals surface area contributed by atoms with E-state index < -0.39 is 0 Å². The largest absolute Gasteiger partial charge is 0.485 e. The highest BCUT2D eigenvalue weighted by Gasteiger charge is 2.10. The molecule has 2 rings (SSSR count). The first-order chi connectivity index (χ1) is 10.6. The summed E-state index contributed by atoms with van der Waals surface area (Å²) in [5.74, 6) is 1.23. The molecule has 1 heterocycles. The average molecular weight is 303 g/mol. The van der Waals surface area contributed by atoms with Gasteiger partial charge in [-0.1, -0.05) is 13.0 Å². The zero-order valence-corrected chi connectivity index (χ0v) is 12.9. The number of benzene rings is 1. The lowest BCUT2D eigenvalue weighted by Crippen LogP contribution is -2.21. The Morgan fingerprint density at radius 1 is 1.36 bits per heavy atom. The highest BCUT2D eigenvalue weighted by Crippen LogP contribution is 2.25. The molecule has 1 aromatic carbocycles. The molecule has 2 N–H and O–H groups in total. The first-order valence-electron chi connectivity index (χ1n) is 7.31. The van der Waals surface area contributed by atoms with E-state index in [0.29, 0.717) is 24.3 Å². The predicted octanol–water partition coefficient (Wildman–Crippen LogP) is 3.17. The summed E-state index contributed by atoms with van der Waals surface area (Å²) >= 11 is 0. The number of carbonyl (C=O) groups excluding carboxylic acids is 1. The smallest absolute Gasteiger partial charge is 0.305 e. The summed E-state index contributed by atoms with van der Waals surface area (Å²) in [5, 5.41) is 0.